The second-order valence-corrected chi connectivity index (χ2v) is 9.07. The number of aromatic hydroxyl groups is 1. The summed E-state index contributed by atoms with van der Waals surface area (Å²) in [5.74, 6) is -0.168. The molecule has 0 saturated heterocycles. The smallest absolute Gasteiger partial charge is 0.410 e. The Bertz CT molecular complexity index is 972. The van der Waals surface area contributed by atoms with Crippen LogP contribution in [-0.4, -0.2) is 40.2 Å². The summed E-state index contributed by atoms with van der Waals surface area (Å²) in [6, 6.07) is 9.46. The van der Waals surface area contributed by atoms with Gasteiger partial charge < -0.3 is 15.2 Å². The van der Waals surface area contributed by atoms with E-state index in [2.05, 4.69) is 5.32 Å². The van der Waals surface area contributed by atoms with Gasteiger partial charge in [-0.15, -0.1) is 0 Å². The van der Waals surface area contributed by atoms with Crippen LogP contribution in [0.1, 0.15) is 42.3 Å². The van der Waals surface area contributed by atoms with Crippen LogP contribution < -0.4 is 5.32 Å². The maximum atomic E-state index is 12.8. The Morgan fingerprint density at radius 1 is 1.13 bits per heavy atom. The highest BCUT2D eigenvalue weighted by atomic mass is 35.5. The number of rotatable bonds is 3. The summed E-state index contributed by atoms with van der Waals surface area (Å²) in [6.45, 7) is 5.92. The molecular formula is C22H24Cl2N2O4. The van der Waals surface area contributed by atoms with E-state index in [0.29, 0.717) is 22.0 Å². The molecule has 0 spiro atoms. The van der Waals surface area contributed by atoms with Crippen LogP contribution in [-0.2, 0) is 17.7 Å². The maximum Gasteiger partial charge on any atom is 0.410 e. The number of amides is 2. The van der Waals surface area contributed by atoms with Gasteiger partial charge in [-0.25, -0.2) is 4.79 Å². The molecule has 2 aromatic rings. The first-order chi connectivity index (χ1) is 14.0. The molecule has 0 aliphatic carbocycles. The molecule has 160 valence electrons. The van der Waals surface area contributed by atoms with Crippen molar-refractivity contribution in [3.8, 4) is 5.75 Å². The molecule has 1 aliphatic rings. The van der Waals surface area contributed by atoms with Gasteiger partial charge in [-0.3, -0.25) is 9.69 Å². The van der Waals surface area contributed by atoms with Crippen LogP contribution in [0.3, 0.4) is 0 Å². The Labute approximate surface area is 185 Å². The average Bonchev–Trinajstić information content (AvgIpc) is 2.66. The predicted octanol–water partition coefficient (Wildman–Crippen LogP) is 4.79. The summed E-state index contributed by atoms with van der Waals surface area (Å²) in [6.07, 6.45) is 0.0570. The molecule has 0 aromatic heterocycles. The van der Waals surface area contributed by atoms with E-state index < -0.39 is 11.7 Å². The van der Waals surface area contributed by atoms with E-state index in [0.717, 1.165) is 11.1 Å². The molecular weight excluding hydrogens is 427 g/mol. The Morgan fingerprint density at radius 2 is 1.87 bits per heavy atom. The van der Waals surface area contributed by atoms with Crippen molar-refractivity contribution < 1.29 is 19.4 Å². The summed E-state index contributed by atoms with van der Waals surface area (Å²) in [7, 11) is 0. The number of benzene rings is 2. The Morgan fingerprint density at radius 3 is 2.53 bits per heavy atom. The summed E-state index contributed by atoms with van der Waals surface area (Å²) >= 11 is 11.9. The van der Waals surface area contributed by atoms with Crippen molar-refractivity contribution in [2.45, 2.75) is 45.4 Å². The zero-order valence-corrected chi connectivity index (χ0v) is 18.5. The third kappa shape index (κ3) is 5.37. The lowest BCUT2D eigenvalue weighted by Gasteiger charge is -2.38. The number of halogens is 2. The monoisotopic (exact) mass is 450 g/mol. The molecule has 0 unspecified atom stereocenters. The van der Waals surface area contributed by atoms with Crippen molar-refractivity contribution in [3.63, 3.8) is 0 Å². The number of phenols is 1. The molecule has 6 nitrogen and oxygen atoms in total. The lowest BCUT2D eigenvalue weighted by Crippen LogP contribution is -2.51. The number of carbonyl (C=O) groups is 2. The van der Waals surface area contributed by atoms with Gasteiger partial charge in [0.2, 0.25) is 0 Å². The van der Waals surface area contributed by atoms with Gasteiger partial charge >= 0.3 is 6.09 Å². The number of phenolic OH excluding ortho intramolecular Hbond substituents is 1. The zero-order valence-electron chi connectivity index (χ0n) is 17.0. The molecule has 1 aliphatic heterocycles. The van der Waals surface area contributed by atoms with Gasteiger partial charge in [0.1, 0.15) is 11.4 Å². The molecule has 1 atom stereocenters. The van der Waals surface area contributed by atoms with Crippen LogP contribution in [0, 0.1) is 0 Å². The minimum absolute atomic E-state index is 0.143. The van der Waals surface area contributed by atoms with Gasteiger partial charge in [-0.05, 0) is 68.7 Å². The van der Waals surface area contributed by atoms with Crippen LogP contribution in [0.5, 0.6) is 5.75 Å². The molecule has 2 amide bonds. The second kappa shape index (κ2) is 8.74. The number of hydrogen-bond acceptors (Lipinski definition) is 4. The molecule has 2 aromatic carbocycles. The molecule has 2 N–H and O–H groups in total. The van der Waals surface area contributed by atoms with E-state index in [1.807, 2.05) is 6.07 Å². The Hall–Kier alpha value is -2.44. The first-order valence-electron chi connectivity index (χ1n) is 9.57. The fourth-order valence-electron chi connectivity index (χ4n) is 3.30. The van der Waals surface area contributed by atoms with Gasteiger partial charge in [0.15, 0.2) is 0 Å². The van der Waals surface area contributed by atoms with E-state index >= 15 is 0 Å². The van der Waals surface area contributed by atoms with Gasteiger partial charge in [0.05, 0.1) is 16.1 Å². The average molecular weight is 451 g/mol. The van der Waals surface area contributed by atoms with Crippen molar-refractivity contribution in [1.29, 1.82) is 0 Å². The van der Waals surface area contributed by atoms with Crippen molar-refractivity contribution in [3.05, 3.63) is 63.1 Å². The second-order valence-electron chi connectivity index (χ2n) is 8.26. The van der Waals surface area contributed by atoms with E-state index in [1.165, 1.54) is 6.07 Å². The number of fused-ring (bicyclic) bond motifs is 1. The molecule has 0 radical (unpaired) electrons. The molecule has 0 saturated carbocycles. The largest absolute Gasteiger partial charge is 0.508 e. The van der Waals surface area contributed by atoms with Gasteiger partial charge in [0.25, 0.3) is 5.91 Å². The topological polar surface area (TPSA) is 78.9 Å². The first kappa shape index (κ1) is 22.2. The lowest BCUT2D eigenvalue weighted by atomic mass is 9.94. The van der Waals surface area contributed by atoms with Gasteiger partial charge in [-0.1, -0.05) is 29.3 Å². The molecule has 1 heterocycles. The highest BCUT2D eigenvalue weighted by molar-refractivity contribution is 6.42. The first-order valence-corrected chi connectivity index (χ1v) is 10.3. The summed E-state index contributed by atoms with van der Waals surface area (Å²) < 4.78 is 5.55. The maximum absolute atomic E-state index is 12.8. The van der Waals surface area contributed by atoms with Crippen LogP contribution >= 0.6 is 23.2 Å². The van der Waals surface area contributed by atoms with E-state index in [1.54, 1.807) is 49.9 Å². The molecule has 0 bridgehead atoms. The number of nitrogens with zero attached hydrogens (tertiary/aromatic N) is 1. The van der Waals surface area contributed by atoms with Crippen molar-refractivity contribution in [2.24, 2.45) is 0 Å². The Balaban J connectivity index is 1.78. The standard InChI is InChI=1S/C22H24Cl2N2O4/c1-22(2,3)30-21(29)26-12-15-9-17(27)6-4-13(15)8-16(26)11-25-20(28)14-5-7-18(23)19(24)10-14/h4-7,9-10,16,27H,8,11-12H2,1-3H3,(H,25,28)/t16-/m0/s1. The number of hydrogen-bond donors (Lipinski definition) is 2. The molecule has 3 rings (SSSR count). The lowest BCUT2D eigenvalue weighted by molar-refractivity contribution is 0.0118. The third-order valence-electron chi connectivity index (χ3n) is 4.73. The predicted molar refractivity (Wildman–Crippen MR) is 116 cm³/mol. The van der Waals surface area contributed by atoms with Crippen LogP contribution in [0.25, 0.3) is 0 Å². The van der Waals surface area contributed by atoms with E-state index in [-0.39, 0.29) is 30.8 Å². The van der Waals surface area contributed by atoms with Crippen LogP contribution in [0.2, 0.25) is 10.0 Å². The third-order valence-corrected chi connectivity index (χ3v) is 5.47. The highest BCUT2D eigenvalue weighted by Gasteiger charge is 2.33. The SMILES string of the molecule is CC(C)(C)OC(=O)N1Cc2cc(O)ccc2C[C@H]1CNC(=O)c1ccc(Cl)c(Cl)c1. The summed E-state index contributed by atoms with van der Waals surface area (Å²) in [5, 5.41) is 13.3. The fourth-order valence-corrected chi connectivity index (χ4v) is 3.60. The molecule has 30 heavy (non-hydrogen) atoms. The van der Waals surface area contributed by atoms with Crippen molar-refractivity contribution in [2.75, 3.05) is 6.54 Å². The van der Waals surface area contributed by atoms with Gasteiger partial charge in [-0.2, -0.15) is 0 Å². The molecule has 8 heteroatoms. The van der Waals surface area contributed by atoms with Crippen LogP contribution in [0.4, 0.5) is 4.79 Å². The number of ether oxygens (including phenoxy) is 1. The van der Waals surface area contributed by atoms with Crippen LogP contribution in [0.15, 0.2) is 36.4 Å². The molecule has 0 fully saturated rings. The van der Waals surface area contributed by atoms with E-state index in [4.69, 9.17) is 27.9 Å². The summed E-state index contributed by atoms with van der Waals surface area (Å²) in [4.78, 5) is 27.0. The van der Waals surface area contributed by atoms with Gasteiger partial charge in [0, 0.05) is 18.7 Å². The normalized spacial score (nSPS) is 16.0. The summed E-state index contributed by atoms with van der Waals surface area (Å²) in [5.41, 5.74) is 1.60. The zero-order chi connectivity index (χ0) is 22.1. The number of carbonyl (C=O) groups excluding carboxylic acids is 2. The van der Waals surface area contributed by atoms with E-state index in [9.17, 15) is 14.7 Å². The highest BCUT2D eigenvalue weighted by Crippen LogP contribution is 2.28. The fraction of sp³-hybridized carbons (Fsp3) is 0.364. The van der Waals surface area contributed by atoms with Crippen molar-refractivity contribution in [1.82, 2.24) is 10.2 Å². The van der Waals surface area contributed by atoms with Crippen molar-refractivity contribution >= 4 is 35.2 Å². The quantitative estimate of drug-likeness (QED) is 0.704. The Kier molecular flexibility index (Phi) is 6.48. The minimum atomic E-state index is -0.649. The number of nitrogens with one attached hydrogen (secondary N) is 1. The minimum Gasteiger partial charge on any atom is -0.508 e.